The minimum Gasteiger partial charge on any atom is -0.486 e. The van der Waals surface area contributed by atoms with E-state index >= 15 is 0 Å². The molecule has 2 N–H and O–H groups in total. The molecule has 0 radical (unpaired) electrons. The summed E-state index contributed by atoms with van der Waals surface area (Å²) in [6.45, 7) is 3.32. The molecule has 4 rings (SSSR count). The standard InChI is InChI=1S/C19H19ClN2O3/c20-16-6-13(7-17-19(16)25-4-3-24-17)8-18(23)22-9-12-1-2-14-10-21-11-15(14)5-12/h1-2,5-7,21H,3-4,8-11H2,(H,22,23). The molecule has 0 aromatic heterocycles. The zero-order valence-corrected chi connectivity index (χ0v) is 14.5. The number of nitrogens with one attached hydrogen (secondary N) is 2. The fourth-order valence-electron chi connectivity index (χ4n) is 3.17. The van der Waals surface area contributed by atoms with Crippen LogP contribution >= 0.6 is 11.6 Å². The van der Waals surface area contributed by atoms with Crippen LogP contribution in [0.2, 0.25) is 5.02 Å². The van der Waals surface area contributed by atoms with Crippen LogP contribution in [0, 0.1) is 0 Å². The molecular formula is C19H19ClN2O3. The Kier molecular flexibility index (Phi) is 4.51. The first kappa shape index (κ1) is 16.2. The van der Waals surface area contributed by atoms with Crippen molar-refractivity contribution in [2.45, 2.75) is 26.1 Å². The summed E-state index contributed by atoms with van der Waals surface area (Å²) >= 11 is 6.22. The molecule has 2 heterocycles. The third-order valence-corrected chi connectivity index (χ3v) is 4.69. The van der Waals surface area contributed by atoms with Crippen LogP contribution in [-0.4, -0.2) is 19.1 Å². The van der Waals surface area contributed by atoms with Gasteiger partial charge in [0.2, 0.25) is 5.91 Å². The Morgan fingerprint density at radius 3 is 2.84 bits per heavy atom. The first-order valence-electron chi connectivity index (χ1n) is 8.35. The third-order valence-electron chi connectivity index (χ3n) is 4.41. The molecule has 2 aliphatic rings. The quantitative estimate of drug-likeness (QED) is 0.882. The van der Waals surface area contributed by atoms with Gasteiger partial charge in [-0.3, -0.25) is 4.79 Å². The Bertz CT molecular complexity index is 823. The molecule has 2 aromatic rings. The number of ether oxygens (including phenoxy) is 2. The molecule has 1 amide bonds. The summed E-state index contributed by atoms with van der Waals surface area (Å²) in [6, 6.07) is 9.91. The van der Waals surface area contributed by atoms with E-state index in [2.05, 4.69) is 28.8 Å². The van der Waals surface area contributed by atoms with Gasteiger partial charge in [0.05, 0.1) is 11.4 Å². The first-order valence-corrected chi connectivity index (χ1v) is 8.73. The van der Waals surface area contributed by atoms with E-state index in [4.69, 9.17) is 21.1 Å². The summed E-state index contributed by atoms with van der Waals surface area (Å²) in [5.74, 6) is 1.11. The molecule has 2 aromatic carbocycles. The predicted molar refractivity (Wildman–Crippen MR) is 95.0 cm³/mol. The van der Waals surface area contributed by atoms with Crippen LogP contribution in [0.25, 0.3) is 0 Å². The molecule has 0 unspecified atom stereocenters. The molecule has 0 bridgehead atoms. The van der Waals surface area contributed by atoms with Crippen LogP contribution < -0.4 is 20.1 Å². The fraction of sp³-hybridized carbons (Fsp3) is 0.316. The zero-order chi connectivity index (χ0) is 17.2. The summed E-state index contributed by atoms with van der Waals surface area (Å²) < 4.78 is 11.0. The van der Waals surface area contributed by atoms with Gasteiger partial charge >= 0.3 is 0 Å². The van der Waals surface area contributed by atoms with E-state index in [9.17, 15) is 4.79 Å². The van der Waals surface area contributed by atoms with E-state index in [0.717, 1.165) is 24.2 Å². The van der Waals surface area contributed by atoms with Crippen LogP contribution in [-0.2, 0) is 30.8 Å². The predicted octanol–water partition coefficient (Wildman–Crippen LogP) is 2.57. The lowest BCUT2D eigenvalue weighted by atomic mass is 10.1. The molecule has 0 spiro atoms. The second-order valence-corrected chi connectivity index (χ2v) is 6.67. The van der Waals surface area contributed by atoms with Crippen molar-refractivity contribution in [2.75, 3.05) is 13.2 Å². The van der Waals surface area contributed by atoms with Crippen LogP contribution in [0.1, 0.15) is 22.3 Å². The maximum Gasteiger partial charge on any atom is 0.224 e. The minimum absolute atomic E-state index is 0.0497. The van der Waals surface area contributed by atoms with Crippen molar-refractivity contribution in [3.8, 4) is 11.5 Å². The van der Waals surface area contributed by atoms with Gasteiger partial charge in [0.25, 0.3) is 0 Å². The molecule has 130 valence electrons. The number of carbonyl (C=O) groups excluding carboxylic acids is 1. The molecule has 0 aliphatic carbocycles. The molecular weight excluding hydrogens is 340 g/mol. The monoisotopic (exact) mass is 358 g/mol. The largest absolute Gasteiger partial charge is 0.486 e. The minimum atomic E-state index is -0.0497. The smallest absolute Gasteiger partial charge is 0.224 e. The van der Waals surface area contributed by atoms with Crippen molar-refractivity contribution in [1.82, 2.24) is 10.6 Å². The zero-order valence-electron chi connectivity index (χ0n) is 13.7. The average molecular weight is 359 g/mol. The molecule has 6 heteroatoms. The van der Waals surface area contributed by atoms with Crippen molar-refractivity contribution in [2.24, 2.45) is 0 Å². The van der Waals surface area contributed by atoms with Gasteiger partial charge in [-0.1, -0.05) is 29.8 Å². The molecule has 0 atom stereocenters. The Labute approximate surface area is 151 Å². The second kappa shape index (κ2) is 6.94. The molecule has 25 heavy (non-hydrogen) atoms. The van der Waals surface area contributed by atoms with E-state index in [-0.39, 0.29) is 12.3 Å². The van der Waals surface area contributed by atoms with E-state index < -0.39 is 0 Å². The van der Waals surface area contributed by atoms with Gasteiger partial charge in [0.1, 0.15) is 13.2 Å². The summed E-state index contributed by atoms with van der Waals surface area (Å²) in [4.78, 5) is 12.3. The molecule has 5 nitrogen and oxygen atoms in total. The number of benzene rings is 2. The maximum atomic E-state index is 12.3. The Hall–Kier alpha value is -2.24. The van der Waals surface area contributed by atoms with Crippen LogP contribution in [0.4, 0.5) is 0 Å². The molecule has 2 aliphatic heterocycles. The summed E-state index contributed by atoms with van der Waals surface area (Å²) in [7, 11) is 0. The van der Waals surface area contributed by atoms with Gasteiger partial charge in [-0.15, -0.1) is 0 Å². The fourth-order valence-corrected chi connectivity index (χ4v) is 3.46. The number of amides is 1. The average Bonchev–Trinajstić information content (AvgIpc) is 3.08. The SMILES string of the molecule is O=C(Cc1cc(Cl)c2c(c1)OCCO2)NCc1ccc2c(c1)CNC2. The van der Waals surface area contributed by atoms with Gasteiger partial charge in [-0.05, 0) is 34.4 Å². The highest BCUT2D eigenvalue weighted by atomic mass is 35.5. The summed E-state index contributed by atoms with van der Waals surface area (Å²) in [5.41, 5.74) is 4.56. The first-order chi connectivity index (χ1) is 12.2. The molecule has 0 saturated heterocycles. The van der Waals surface area contributed by atoms with Gasteiger partial charge in [0, 0.05) is 19.6 Å². The lowest BCUT2D eigenvalue weighted by Gasteiger charge is -2.20. The van der Waals surface area contributed by atoms with E-state index in [0.29, 0.717) is 36.3 Å². The normalized spacial score (nSPS) is 14.9. The van der Waals surface area contributed by atoms with Crippen molar-refractivity contribution in [1.29, 1.82) is 0 Å². The number of hydrogen-bond donors (Lipinski definition) is 2. The number of carbonyl (C=O) groups is 1. The second-order valence-electron chi connectivity index (χ2n) is 6.26. The van der Waals surface area contributed by atoms with Gasteiger partial charge < -0.3 is 20.1 Å². The van der Waals surface area contributed by atoms with Crippen LogP contribution in [0.3, 0.4) is 0 Å². The third kappa shape index (κ3) is 3.57. The van der Waals surface area contributed by atoms with Crippen LogP contribution in [0.15, 0.2) is 30.3 Å². The van der Waals surface area contributed by atoms with Crippen molar-refractivity contribution >= 4 is 17.5 Å². The highest BCUT2D eigenvalue weighted by Crippen LogP contribution is 2.38. The Morgan fingerprint density at radius 2 is 1.92 bits per heavy atom. The van der Waals surface area contributed by atoms with Crippen LogP contribution in [0.5, 0.6) is 11.5 Å². The molecule has 0 saturated carbocycles. The van der Waals surface area contributed by atoms with Crippen molar-refractivity contribution in [3.05, 3.63) is 57.6 Å². The van der Waals surface area contributed by atoms with E-state index in [1.165, 1.54) is 11.1 Å². The Balaban J connectivity index is 1.38. The lowest BCUT2D eigenvalue weighted by Crippen LogP contribution is -2.24. The molecule has 0 fully saturated rings. The topological polar surface area (TPSA) is 59.6 Å². The van der Waals surface area contributed by atoms with E-state index in [1.54, 1.807) is 6.07 Å². The van der Waals surface area contributed by atoms with Gasteiger partial charge in [-0.25, -0.2) is 0 Å². The van der Waals surface area contributed by atoms with Crippen molar-refractivity contribution < 1.29 is 14.3 Å². The van der Waals surface area contributed by atoms with E-state index in [1.807, 2.05) is 6.07 Å². The van der Waals surface area contributed by atoms with Gasteiger partial charge in [0.15, 0.2) is 11.5 Å². The summed E-state index contributed by atoms with van der Waals surface area (Å²) in [5, 5.41) is 6.76. The highest BCUT2D eigenvalue weighted by molar-refractivity contribution is 6.32. The highest BCUT2D eigenvalue weighted by Gasteiger charge is 2.17. The van der Waals surface area contributed by atoms with Gasteiger partial charge in [-0.2, -0.15) is 0 Å². The maximum absolute atomic E-state index is 12.3. The number of hydrogen-bond acceptors (Lipinski definition) is 4. The Morgan fingerprint density at radius 1 is 1.08 bits per heavy atom. The van der Waals surface area contributed by atoms with Crippen molar-refractivity contribution in [3.63, 3.8) is 0 Å². The number of halogens is 1. The number of rotatable bonds is 4. The number of fused-ring (bicyclic) bond motifs is 2. The lowest BCUT2D eigenvalue weighted by molar-refractivity contribution is -0.120. The summed E-state index contributed by atoms with van der Waals surface area (Å²) in [6.07, 6.45) is 0.253.